The van der Waals surface area contributed by atoms with Crippen LogP contribution in [0.1, 0.15) is 19.4 Å². The van der Waals surface area contributed by atoms with Crippen molar-refractivity contribution in [3.63, 3.8) is 0 Å². The Balaban J connectivity index is 2.23. The highest BCUT2D eigenvalue weighted by Gasteiger charge is 2.12. The van der Waals surface area contributed by atoms with E-state index in [0.29, 0.717) is 5.69 Å². The molecule has 0 saturated carbocycles. The zero-order valence-electron chi connectivity index (χ0n) is 12.6. The molecule has 0 atom stereocenters. The third kappa shape index (κ3) is 3.91. The van der Waals surface area contributed by atoms with Crippen molar-refractivity contribution in [3.8, 4) is 5.75 Å². The number of halogens is 1. The van der Waals surface area contributed by atoms with Gasteiger partial charge in [0.05, 0.1) is 17.5 Å². The van der Waals surface area contributed by atoms with Gasteiger partial charge in [-0.05, 0) is 37.6 Å². The molecule has 0 aliphatic carbocycles. The Morgan fingerprint density at radius 1 is 1.14 bits per heavy atom. The molecule has 3 nitrogen and oxygen atoms in total. The Hall–Kier alpha value is -1.68. The second kappa shape index (κ2) is 6.85. The number of rotatable bonds is 5. The van der Waals surface area contributed by atoms with Crippen LogP contribution in [0.25, 0.3) is 0 Å². The summed E-state index contributed by atoms with van der Waals surface area (Å²) in [5.41, 5.74) is 9.12. The van der Waals surface area contributed by atoms with Crippen LogP contribution in [0.3, 0.4) is 0 Å². The summed E-state index contributed by atoms with van der Waals surface area (Å²) in [5.74, 6) is 0.737. The first-order chi connectivity index (χ1) is 9.99. The molecule has 2 aromatic rings. The van der Waals surface area contributed by atoms with E-state index >= 15 is 0 Å². The molecule has 0 aliphatic rings. The molecule has 0 heterocycles. The molecular weight excluding hydrogens is 328 g/mol. The fraction of sp³-hybridized carbons (Fsp3) is 0.294. The first kappa shape index (κ1) is 15.7. The number of nitrogens with two attached hydrogens (primary N) is 1. The molecule has 0 aliphatic heterocycles. The monoisotopic (exact) mass is 348 g/mol. The second-order valence-electron chi connectivity index (χ2n) is 5.30. The smallest absolute Gasteiger partial charge is 0.144 e. The summed E-state index contributed by atoms with van der Waals surface area (Å²) >= 11 is 3.58. The van der Waals surface area contributed by atoms with Gasteiger partial charge >= 0.3 is 0 Å². The molecule has 2 rings (SSSR count). The first-order valence-corrected chi connectivity index (χ1v) is 7.78. The van der Waals surface area contributed by atoms with Crippen molar-refractivity contribution in [2.45, 2.75) is 26.5 Å². The number of anilines is 2. The van der Waals surface area contributed by atoms with Gasteiger partial charge in [-0.1, -0.05) is 40.2 Å². The van der Waals surface area contributed by atoms with Gasteiger partial charge in [0.15, 0.2) is 0 Å². The predicted octanol–water partition coefficient (Wildman–Crippen LogP) is 4.45. The topological polar surface area (TPSA) is 38.5 Å². The van der Waals surface area contributed by atoms with Gasteiger partial charge in [-0.3, -0.25) is 0 Å². The summed E-state index contributed by atoms with van der Waals surface area (Å²) in [4.78, 5) is 2.13. The van der Waals surface area contributed by atoms with E-state index < -0.39 is 0 Å². The fourth-order valence-electron chi connectivity index (χ4n) is 2.19. The summed E-state index contributed by atoms with van der Waals surface area (Å²) in [6, 6.07) is 14.1. The molecule has 0 radical (unpaired) electrons. The first-order valence-electron chi connectivity index (χ1n) is 6.98. The number of para-hydroxylation sites is 1. The number of hydrogen-bond acceptors (Lipinski definition) is 3. The van der Waals surface area contributed by atoms with Crippen molar-refractivity contribution in [1.29, 1.82) is 0 Å². The minimum Gasteiger partial charge on any atom is -0.489 e. The summed E-state index contributed by atoms with van der Waals surface area (Å²) in [6.45, 7) is 4.77. The molecule has 0 aromatic heterocycles. The molecule has 21 heavy (non-hydrogen) atoms. The van der Waals surface area contributed by atoms with Crippen molar-refractivity contribution >= 4 is 27.3 Å². The van der Waals surface area contributed by atoms with Crippen molar-refractivity contribution in [2.24, 2.45) is 0 Å². The lowest BCUT2D eigenvalue weighted by molar-refractivity contribution is 0.244. The van der Waals surface area contributed by atoms with Crippen LogP contribution < -0.4 is 15.4 Å². The molecule has 112 valence electrons. The molecule has 0 saturated heterocycles. The quantitative estimate of drug-likeness (QED) is 0.811. The van der Waals surface area contributed by atoms with E-state index in [1.54, 1.807) is 0 Å². The lowest BCUT2D eigenvalue weighted by atomic mass is 10.2. The lowest BCUT2D eigenvalue weighted by Gasteiger charge is -2.23. The van der Waals surface area contributed by atoms with Crippen LogP contribution in [0.5, 0.6) is 5.75 Å². The molecule has 4 heteroatoms. The number of nitrogens with zero attached hydrogens (tertiary/aromatic N) is 1. The molecule has 0 fully saturated rings. The van der Waals surface area contributed by atoms with Crippen LogP contribution in [0, 0.1) is 0 Å². The van der Waals surface area contributed by atoms with E-state index in [2.05, 4.69) is 26.9 Å². The van der Waals surface area contributed by atoms with E-state index in [4.69, 9.17) is 10.5 Å². The van der Waals surface area contributed by atoms with Crippen LogP contribution in [0.2, 0.25) is 0 Å². The van der Waals surface area contributed by atoms with E-state index in [0.717, 1.165) is 22.5 Å². The van der Waals surface area contributed by atoms with Crippen LogP contribution in [-0.2, 0) is 6.54 Å². The SMILES string of the molecule is CC(C)Oc1cccc(N(C)Cc2ccccc2Br)c1N. The van der Waals surface area contributed by atoms with Gasteiger partial charge in [-0.15, -0.1) is 0 Å². The Morgan fingerprint density at radius 2 is 1.86 bits per heavy atom. The van der Waals surface area contributed by atoms with Gasteiger partial charge in [-0.2, -0.15) is 0 Å². The summed E-state index contributed by atoms with van der Waals surface area (Å²) in [5, 5.41) is 0. The van der Waals surface area contributed by atoms with Gasteiger partial charge < -0.3 is 15.4 Å². The van der Waals surface area contributed by atoms with Crippen LogP contribution in [0.15, 0.2) is 46.9 Å². The molecular formula is C17H21BrN2O. The highest BCUT2D eigenvalue weighted by Crippen LogP contribution is 2.33. The standard InChI is InChI=1S/C17H21BrN2O/c1-12(2)21-16-10-6-9-15(17(16)19)20(3)11-13-7-4-5-8-14(13)18/h4-10,12H,11,19H2,1-3H3. The number of ether oxygens (including phenoxy) is 1. The average Bonchev–Trinajstić information content (AvgIpc) is 2.43. The minimum atomic E-state index is 0.108. The van der Waals surface area contributed by atoms with Gasteiger partial charge in [0, 0.05) is 18.1 Å². The predicted molar refractivity (Wildman–Crippen MR) is 92.9 cm³/mol. The molecule has 0 spiro atoms. The maximum absolute atomic E-state index is 6.25. The molecule has 2 aromatic carbocycles. The summed E-state index contributed by atoms with van der Waals surface area (Å²) < 4.78 is 6.85. The van der Waals surface area contributed by atoms with Gasteiger partial charge in [0.25, 0.3) is 0 Å². The zero-order chi connectivity index (χ0) is 15.4. The van der Waals surface area contributed by atoms with E-state index in [1.165, 1.54) is 5.56 Å². The number of hydrogen-bond donors (Lipinski definition) is 1. The summed E-state index contributed by atoms with van der Waals surface area (Å²) in [7, 11) is 2.03. The zero-order valence-corrected chi connectivity index (χ0v) is 14.2. The second-order valence-corrected chi connectivity index (χ2v) is 6.16. The third-order valence-corrected chi connectivity index (χ3v) is 3.96. The third-order valence-electron chi connectivity index (χ3n) is 3.18. The van der Waals surface area contributed by atoms with E-state index in [1.807, 2.05) is 57.3 Å². The van der Waals surface area contributed by atoms with Crippen molar-refractivity contribution < 1.29 is 4.74 Å². The highest BCUT2D eigenvalue weighted by molar-refractivity contribution is 9.10. The van der Waals surface area contributed by atoms with Gasteiger partial charge in [0.2, 0.25) is 0 Å². The van der Waals surface area contributed by atoms with Crippen molar-refractivity contribution in [1.82, 2.24) is 0 Å². The Morgan fingerprint density at radius 3 is 2.52 bits per heavy atom. The number of nitrogen functional groups attached to an aromatic ring is 1. The minimum absolute atomic E-state index is 0.108. The Labute approximate surface area is 134 Å². The highest BCUT2D eigenvalue weighted by atomic mass is 79.9. The lowest BCUT2D eigenvalue weighted by Crippen LogP contribution is -2.19. The van der Waals surface area contributed by atoms with Crippen molar-refractivity contribution in [2.75, 3.05) is 17.7 Å². The molecule has 0 unspecified atom stereocenters. The van der Waals surface area contributed by atoms with Crippen LogP contribution in [-0.4, -0.2) is 13.2 Å². The fourth-order valence-corrected chi connectivity index (χ4v) is 2.60. The van der Waals surface area contributed by atoms with E-state index in [9.17, 15) is 0 Å². The summed E-state index contributed by atoms with van der Waals surface area (Å²) in [6.07, 6.45) is 0.108. The van der Waals surface area contributed by atoms with Crippen LogP contribution in [0.4, 0.5) is 11.4 Å². The molecule has 0 bridgehead atoms. The van der Waals surface area contributed by atoms with Gasteiger partial charge in [-0.25, -0.2) is 0 Å². The normalized spacial score (nSPS) is 10.7. The van der Waals surface area contributed by atoms with Gasteiger partial charge in [0.1, 0.15) is 5.75 Å². The molecule has 2 N–H and O–H groups in total. The Bertz CT molecular complexity index is 613. The van der Waals surface area contributed by atoms with Crippen LogP contribution >= 0.6 is 15.9 Å². The van der Waals surface area contributed by atoms with Crippen molar-refractivity contribution in [3.05, 3.63) is 52.5 Å². The van der Waals surface area contributed by atoms with E-state index in [-0.39, 0.29) is 6.10 Å². The maximum Gasteiger partial charge on any atom is 0.144 e. The largest absolute Gasteiger partial charge is 0.489 e. The Kier molecular flexibility index (Phi) is 5.12. The average molecular weight is 349 g/mol. The molecule has 0 amide bonds. The maximum atomic E-state index is 6.25. The number of benzene rings is 2.